The lowest BCUT2D eigenvalue weighted by Crippen LogP contribution is -2.06. The molecule has 0 radical (unpaired) electrons. The van der Waals surface area contributed by atoms with E-state index in [0.29, 0.717) is 17.0 Å². The third-order valence-corrected chi connectivity index (χ3v) is 2.12. The van der Waals surface area contributed by atoms with Crippen molar-refractivity contribution in [3.05, 3.63) is 46.5 Å². The van der Waals surface area contributed by atoms with E-state index in [1.807, 2.05) is 0 Å². The molecule has 0 fully saturated rings. The number of hydrogen-bond acceptors (Lipinski definition) is 3. The van der Waals surface area contributed by atoms with E-state index in [1.54, 1.807) is 0 Å². The van der Waals surface area contributed by atoms with Crippen molar-refractivity contribution in [2.24, 2.45) is 0 Å². The van der Waals surface area contributed by atoms with Gasteiger partial charge in [0.05, 0.1) is 12.8 Å². The molecule has 0 spiro atoms. The summed E-state index contributed by atoms with van der Waals surface area (Å²) in [6.45, 7) is 0. The van der Waals surface area contributed by atoms with Crippen LogP contribution in [0.4, 0.5) is 4.39 Å². The molecule has 0 unspecified atom stereocenters. The summed E-state index contributed by atoms with van der Waals surface area (Å²) < 4.78 is 18.2. The summed E-state index contributed by atoms with van der Waals surface area (Å²) in [7, 11) is 1.49. The normalized spacial score (nSPS) is 10.1. The Morgan fingerprint density at radius 2 is 2.12 bits per heavy atom. The van der Waals surface area contributed by atoms with Crippen molar-refractivity contribution < 1.29 is 9.13 Å². The van der Waals surface area contributed by atoms with Crippen LogP contribution in [0.15, 0.2) is 35.1 Å². The molecule has 4 nitrogen and oxygen atoms in total. The summed E-state index contributed by atoms with van der Waals surface area (Å²) in [5.41, 5.74) is 0.647. The molecule has 82 valence electrons. The maximum Gasteiger partial charge on any atom is 0.264 e. The predicted molar refractivity (Wildman–Crippen MR) is 56.8 cm³/mol. The van der Waals surface area contributed by atoms with Crippen LogP contribution in [0.2, 0.25) is 0 Å². The first kappa shape index (κ1) is 10.4. The average molecular weight is 220 g/mol. The topological polar surface area (TPSA) is 55.0 Å². The number of halogens is 1. The minimum atomic E-state index is -0.385. The maximum atomic E-state index is 13.1. The van der Waals surface area contributed by atoms with Crippen LogP contribution in [-0.4, -0.2) is 17.3 Å². The third-order valence-electron chi connectivity index (χ3n) is 2.12. The largest absolute Gasteiger partial charge is 0.496 e. The van der Waals surface area contributed by atoms with Crippen molar-refractivity contribution in [3.63, 3.8) is 0 Å². The lowest BCUT2D eigenvalue weighted by Gasteiger charge is -2.06. The minimum absolute atomic E-state index is 0.306. The number of nitrogens with one attached hydrogen (secondary N) is 1. The summed E-state index contributed by atoms with van der Waals surface area (Å²) in [6, 6.07) is 6.95. The first-order valence-electron chi connectivity index (χ1n) is 4.60. The number of methoxy groups -OCH3 is 1. The molecule has 2 rings (SSSR count). The van der Waals surface area contributed by atoms with Gasteiger partial charge in [-0.15, -0.1) is 0 Å². The fraction of sp³-hybridized carbons (Fsp3) is 0.0909. The highest BCUT2D eigenvalue weighted by Gasteiger charge is 2.08. The number of rotatable bonds is 2. The standard InChI is InChI=1S/C11H9FN2O2/c1-16-10-4-2-7(12)6-8(10)9-3-5-11(15)14-13-9/h2-6H,1H3,(H,14,15). The van der Waals surface area contributed by atoms with Crippen LogP contribution in [-0.2, 0) is 0 Å². The van der Waals surface area contributed by atoms with Crippen LogP contribution in [0.1, 0.15) is 0 Å². The summed E-state index contributed by atoms with van der Waals surface area (Å²) in [5.74, 6) is 0.116. The second kappa shape index (κ2) is 4.14. The Balaban J connectivity index is 2.57. The van der Waals surface area contributed by atoms with Gasteiger partial charge in [-0.1, -0.05) is 0 Å². The molecular weight excluding hydrogens is 211 g/mol. The first-order valence-corrected chi connectivity index (χ1v) is 4.60. The molecule has 5 heteroatoms. The highest BCUT2D eigenvalue weighted by Crippen LogP contribution is 2.28. The molecule has 2 aromatic rings. The Bertz CT molecular complexity index is 546. The fourth-order valence-corrected chi connectivity index (χ4v) is 1.37. The van der Waals surface area contributed by atoms with Crippen LogP contribution in [0.3, 0.4) is 0 Å². The van der Waals surface area contributed by atoms with Gasteiger partial charge >= 0.3 is 0 Å². The van der Waals surface area contributed by atoms with Crippen molar-refractivity contribution >= 4 is 0 Å². The van der Waals surface area contributed by atoms with Gasteiger partial charge in [0.15, 0.2) is 0 Å². The van der Waals surface area contributed by atoms with Crippen LogP contribution >= 0.6 is 0 Å². The number of aromatic amines is 1. The van der Waals surface area contributed by atoms with Gasteiger partial charge < -0.3 is 4.74 Å². The van der Waals surface area contributed by atoms with Crippen molar-refractivity contribution in [3.8, 4) is 17.0 Å². The zero-order valence-electron chi connectivity index (χ0n) is 8.53. The number of H-pyrrole nitrogens is 1. The van der Waals surface area contributed by atoms with Gasteiger partial charge in [-0.25, -0.2) is 9.49 Å². The number of nitrogens with zero attached hydrogens (tertiary/aromatic N) is 1. The monoisotopic (exact) mass is 220 g/mol. The minimum Gasteiger partial charge on any atom is -0.496 e. The predicted octanol–water partition coefficient (Wildman–Crippen LogP) is 1.58. The smallest absolute Gasteiger partial charge is 0.264 e. The summed E-state index contributed by atoms with van der Waals surface area (Å²) in [5, 5.41) is 6.10. The van der Waals surface area contributed by atoms with E-state index >= 15 is 0 Å². The zero-order chi connectivity index (χ0) is 11.5. The number of benzene rings is 1. The summed E-state index contributed by atoms with van der Waals surface area (Å²) in [4.78, 5) is 10.9. The number of ether oxygens (including phenoxy) is 1. The number of hydrogen-bond donors (Lipinski definition) is 1. The van der Waals surface area contributed by atoms with Crippen LogP contribution in [0, 0.1) is 5.82 Å². The van der Waals surface area contributed by atoms with Gasteiger partial charge in [0.25, 0.3) is 5.56 Å². The second-order valence-electron chi connectivity index (χ2n) is 3.15. The molecule has 0 aliphatic rings. The van der Waals surface area contributed by atoms with Crippen LogP contribution < -0.4 is 10.3 Å². The molecule has 16 heavy (non-hydrogen) atoms. The van der Waals surface area contributed by atoms with Gasteiger partial charge in [0.1, 0.15) is 11.6 Å². The van der Waals surface area contributed by atoms with Gasteiger partial charge in [0, 0.05) is 11.6 Å². The molecule has 0 atom stereocenters. The fourth-order valence-electron chi connectivity index (χ4n) is 1.37. The maximum absolute atomic E-state index is 13.1. The molecule has 0 amide bonds. The Kier molecular flexibility index (Phi) is 2.68. The molecule has 1 heterocycles. The van der Waals surface area contributed by atoms with Crippen LogP contribution in [0.5, 0.6) is 5.75 Å². The van der Waals surface area contributed by atoms with Crippen molar-refractivity contribution in [1.29, 1.82) is 0 Å². The first-order chi connectivity index (χ1) is 7.70. The molecule has 0 aliphatic carbocycles. The summed E-state index contributed by atoms with van der Waals surface area (Å²) in [6.07, 6.45) is 0. The van der Waals surface area contributed by atoms with Gasteiger partial charge in [-0.05, 0) is 24.3 Å². The molecule has 0 aliphatic heterocycles. The van der Waals surface area contributed by atoms with Gasteiger partial charge in [0.2, 0.25) is 0 Å². The highest BCUT2D eigenvalue weighted by molar-refractivity contribution is 5.66. The average Bonchev–Trinajstić information content (AvgIpc) is 2.30. The lowest BCUT2D eigenvalue weighted by molar-refractivity contribution is 0.415. The van der Waals surface area contributed by atoms with E-state index in [2.05, 4.69) is 10.2 Å². The number of aromatic nitrogens is 2. The Morgan fingerprint density at radius 1 is 1.31 bits per heavy atom. The Labute approximate surface area is 90.7 Å². The van der Waals surface area contributed by atoms with Gasteiger partial charge in [-0.3, -0.25) is 4.79 Å². The lowest BCUT2D eigenvalue weighted by atomic mass is 10.1. The Morgan fingerprint density at radius 3 is 2.75 bits per heavy atom. The molecule has 1 aromatic heterocycles. The van der Waals surface area contributed by atoms with E-state index in [9.17, 15) is 9.18 Å². The molecule has 0 saturated heterocycles. The molecule has 0 saturated carbocycles. The molecule has 1 aromatic carbocycles. The quantitative estimate of drug-likeness (QED) is 0.836. The molecular formula is C11H9FN2O2. The van der Waals surface area contributed by atoms with Crippen molar-refractivity contribution in [1.82, 2.24) is 10.2 Å². The van der Waals surface area contributed by atoms with Crippen LogP contribution in [0.25, 0.3) is 11.3 Å². The van der Waals surface area contributed by atoms with Crippen molar-refractivity contribution in [2.45, 2.75) is 0 Å². The Hall–Kier alpha value is -2.17. The summed E-state index contributed by atoms with van der Waals surface area (Å²) >= 11 is 0. The van der Waals surface area contributed by atoms with E-state index in [-0.39, 0.29) is 11.4 Å². The molecule has 0 bridgehead atoms. The highest BCUT2D eigenvalue weighted by atomic mass is 19.1. The zero-order valence-corrected chi connectivity index (χ0v) is 8.53. The SMILES string of the molecule is COc1ccc(F)cc1-c1ccc(=O)[nH]n1. The van der Waals surface area contributed by atoms with E-state index < -0.39 is 0 Å². The molecule has 1 N–H and O–H groups in total. The third kappa shape index (κ3) is 1.93. The van der Waals surface area contributed by atoms with E-state index in [0.717, 1.165) is 0 Å². The van der Waals surface area contributed by atoms with Crippen molar-refractivity contribution in [2.75, 3.05) is 7.11 Å². The second-order valence-corrected chi connectivity index (χ2v) is 3.15. The van der Waals surface area contributed by atoms with Gasteiger partial charge in [-0.2, -0.15) is 5.10 Å². The van der Waals surface area contributed by atoms with E-state index in [4.69, 9.17) is 4.74 Å². The van der Waals surface area contributed by atoms with E-state index in [1.165, 1.54) is 37.4 Å².